The van der Waals surface area contributed by atoms with Gasteiger partial charge in [0.2, 0.25) is 5.91 Å². The van der Waals surface area contributed by atoms with Gasteiger partial charge in [0.1, 0.15) is 0 Å². The molecule has 0 heterocycles. The minimum absolute atomic E-state index is 0.0382. The second-order valence-corrected chi connectivity index (χ2v) is 17.8. The van der Waals surface area contributed by atoms with E-state index in [1.165, 1.54) is 148 Å². The van der Waals surface area contributed by atoms with Crippen LogP contribution in [-0.2, 0) is 14.3 Å². The van der Waals surface area contributed by atoms with Gasteiger partial charge in [0.25, 0.3) is 0 Å². The molecule has 3 N–H and O–H groups in total. The van der Waals surface area contributed by atoms with Crippen LogP contribution in [0.4, 0.5) is 0 Å². The van der Waals surface area contributed by atoms with Crippen LogP contribution in [0.1, 0.15) is 271 Å². The molecule has 0 bridgehead atoms. The van der Waals surface area contributed by atoms with E-state index in [1.54, 1.807) is 0 Å². The Morgan fingerprint density at radius 3 is 1.35 bits per heavy atom. The number of aliphatic hydroxyl groups is 2. The Kier molecular flexibility index (Phi) is 48.1. The topological polar surface area (TPSA) is 95.9 Å². The first kappa shape index (κ1) is 58.1. The zero-order valence-electron chi connectivity index (χ0n) is 39.9. The van der Waals surface area contributed by atoms with E-state index in [4.69, 9.17) is 4.74 Å². The van der Waals surface area contributed by atoms with E-state index in [-0.39, 0.29) is 18.5 Å². The predicted molar refractivity (Wildman–Crippen MR) is 259 cm³/mol. The number of rotatable bonds is 48. The van der Waals surface area contributed by atoms with Crippen LogP contribution < -0.4 is 5.32 Å². The summed E-state index contributed by atoms with van der Waals surface area (Å²) in [5, 5.41) is 23.2. The van der Waals surface area contributed by atoms with Gasteiger partial charge in [-0.25, -0.2) is 0 Å². The standard InChI is InChI=1S/C54H101NO5/c1-3-5-7-9-11-13-15-17-18-19-20-21-23-26-30-34-38-42-46-52(57)51(50-56)55-53(58)47-43-39-35-31-27-24-25-29-33-37-41-45-49-60-54(59)48-44-40-36-32-28-22-16-14-12-10-8-6-4-2/h8,10,14,16,25,29,51-52,56-57H,3-7,9,11-13,15,17-24,26-28,30-50H2,1-2H3,(H,55,58)/b10-8-,16-14-,29-25-. The number of hydrogen-bond acceptors (Lipinski definition) is 5. The minimum atomic E-state index is -0.682. The summed E-state index contributed by atoms with van der Waals surface area (Å²) in [5.74, 6) is -0.0993. The van der Waals surface area contributed by atoms with Gasteiger partial charge in [0, 0.05) is 12.8 Å². The SMILES string of the molecule is CCC/C=C\C/C=C\CCCCCCCC(=O)OCCCCC/C=C\CCCCCCCC(=O)NC(CO)C(O)CCCCCCCCCCCCCCCCCCCC. The highest BCUT2D eigenvalue weighted by molar-refractivity contribution is 5.76. The van der Waals surface area contributed by atoms with Gasteiger partial charge in [-0.1, -0.05) is 211 Å². The molecule has 0 aliphatic rings. The van der Waals surface area contributed by atoms with Crippen molar-refractivity contribution in [2.45, 2.75) is 283 Å². The van der Waals surface area contributed by atoms with Crippen molar-refractivity contribution in [1.82, 2.24) is 5.32 Å². The molecule has 0 aromatic rings. The highest BCUT2D eigenvalue weighted by atomic mass is 16.5. The summed E-state index contributed by atoms with van der Waals surface area (Å²) in [6, 6.07) is -0.561. The molecule has 0 radical (unpaired) electrons. The van der Waals surface area contributed by atoms with Crippen molar-refractivity contribution < 1.29 is 24.5 Å². The van der Waals surface area contributed by atoms with Crippen molar-refractivity contribution in [2.75, 3.05) is 13.2 Å². The van der Waals surface area contributed by atoms with E-state index >= 15 is 0 Å². The first-order valence-electron chi connectivity index (χ1n) is 26.2. The number of hydrogen-bond donors (Lipinski definition) is 3. The Morgan fingerprint density at radius 1 is 0.467 bits per heavy atom. The molecule has 1 amide bonds. The van der Waals surface area contributed by atoms with Crippen molar-refractivity contribution >= 4 is 11.9 Å². The number of esters is 1. The molecule has 0 spiro atoms. The lowest BCUT2D eigenvalue weighted by molar-refractivity contribution is -0.143. The van der Waals surface area contributed by atoms with E-state index in [1.807, 2.05) is 0 Å². The fourth-order valence-corrected chi connectivity index (χ4v) is 7.85. The molecule has 6 nitrogen and oxygen atoms in total. The van der Waals surface area contributed by atoms with E-state index in [2.05, 4.69) is 55.6 Å². The zero-order chi connectivity index (χ0) is 43.7. The Labute approximate surface area is 373 Å². The molecule has 0 saturated carbocycles. The number of allylic oxidation sites excluding steroid dienone is 6. The van der Waals surface area contributed by atoms with E-state index in [0.29, 0.717) is 25.9 Å². The van der Waals surface area contributed by atoms with Crippen LogP contribution in [0.5, 0.6) is 0 Å². The van der Waals surface area contributed by atoms with Gasteiger partial charge in [-0.05, 0) is 83.5 Å². The second-order valence-electron chi connectivity index (χ2n) is 17.8. The third-order valence-electron chi connectivity index (χ3n) is 11.9. The van der Waals surface area contributed by atoms with Crippen molar-refractivity contribution in [1.29, 1.82) is 0 Å². The van der Waals surface area contributed by atoms with Gasteiger partial charge in [-0.15, -0.1) is 0 Å². The minimum Gasteiger partial charge on any atom is -0.466 e. The molecule has 0 aromatic carbocycles. The average Bonchev–Trinajstić information content (AvgIpc) is 3.25. The highest BCUT2D eigenvalue weighted by Gasteiger charge is 2.20. The summed E-state index contributed by atoms with van der Waals surface area (Å²) >= 11 is 0. The van der Waals surface area contributed by atoms with Crippen LogP contribution in [-0.4, -0.2) is 47.4 Å². The molecule has 0 fully saturated rings. The van der Waals surface area contributed by atoms with Crippen molar-refractivity contribution in [3.8, 4) is 0 Å². The fourth-order valence-electron chi connectivity index (χ4n) is 7.85. The Hall–Kier alpha value is -1.92. The lowest BCUT2D eigenvalue weighted by atomic mass is 10.0. The molecular weight excluding hydrogens is 743 g/mol. The Balaban J connectivity index is 3.52. The van der Waals surface area contributed by atoms with E-state index in [0.717, 1.165) is 89.9 Å². The van der Waals surface area contributed by atoms with E-state index in [9.17, 15) is 19.8 Å². The molecule has 0 aliphatic carbocycles. The van der Waals surface area contributed by atoms with Crippen molar-refractivity contribution in [3.63, 3.8) is 0 Å². The summed E-state index contributed by atoms with van der Waals surface area (Å²) in [6.07, 6.45) is 59.7. The fraction of sp³-hybridized carbons (Fsp3) is 0.852. The molecular formula is C54H101NO5. The number of aliphatic hydroxyl groups excluding tert-OH is 2. The second kappa shape index (κ2) is 49.7. The van der Waals surface area contributed by atoms with Gasteiger partial charge in [-0.2, -0.15) is 0 Å². The lowest BCUT2D eigenvalue weighted by Gasteiger charge is -2.22. The zero-order valence-corrected chi connectivity index (χ0v) is 39.9. The van der Waals surface area contributed by atoms with Crippen LogP contribution >= 0.6 is 0 Å². The Bertz CT molecular complexity index is 977. The lowest BCUT2D eigenvalue weighted by Crippen LogP contribution is -2.45. The molecule has 352 valence electrons. The monoisotopic (exact) mass is 844 g/mol. The van der Waals surface area contributed by atoms with Crippen molar-refractivity contribution in [2.24, 2.45) is 0 Å². The van der Waals surface area contributed by atoms with Crippen LogP contribution in [0.3, 0.4) is 0 Å². The molecule has 0 aromatic heterocycles. The van der Waals surface area contributed by atoms with Gasteiger partial charge in [0.05, 0.1) is 25.4 Å². The Morgan fingerprint density at radius 2 is 0.867 bits per heavy atom. The summed E-state index contributed by atoms with van der Waals surface area (Å²) in [6.45, 7) is 4.82. The maximum absolute atomic E-state index is 12.5. The number of carbonyl (C=O) groups excluding carboxylic acids is 2. The summed E-state index contributed by atoms with van der Waals surface area (Å²) < 4.78 is 5.43. The van der Waals surface area contributed by atoms with Crippen LogP contribution in [0.15, 0.2) is 36.5 Å². The number of nitrogens with one attached hydrogen (secondary N) is 1. The quantitative estimate of drug-likeness (QED) is 0.0322. The molecule has 0 aliphatic heterocycles. The maximum Gasteiger partial charge on any atom is 0.305 e. The highest BCUT2D eigenvalue weighted by Crippen LogP contribution is 2.16. The van der Waals surface area contributed by atoms with Gasteiger partial charge in [-0.3, -0.25) is 9.59 Å². The number of carbonyl (C=O) groups is 2. The average molecular weight is 844 g/mol. The van der Waals surface area contributed by atoms with Gasteiger partial charge >= 0.3 is 5.97 Å². The third kappa shape index (κ3) is 45.6. The summed E-state index contributed by atoms with van der Waals surface area (Å²) in [5.41, 5.74) is 0. The molecule has 2 atom stereocenters. The number of ether oxygens (including phenoxy) is 1. The maximum atomic E-state index is 12.5. The van der Waals surface area contributed by atoms with Crippen LogP contribution in [0, 0.1) is 0 Å². The normalized spacial score (nSPS) is 12.9. The molecule has 0 rings (SSSR count). The smallest absolute Gasteiger partial charge is 0.305 e. The summed E-state index contributed by atoms with van der Waals surface area (Å²) in [7, 11) is 0. The number of amides is 1. The first-order chi connectivity index (χ1) is 29.5. The number of unbranched alkanes of at least 4 members (excludes halogenated alkanes) is 31. The largest absolute Gasteiger partial charge is 0.466 e. The molecule has 60 heavy (non-hydrogen) atoms. The van der Waals surface area contributed by atoms with Crippen LogP contribution in [0.25, 0.3) is 0 Å². The summed E-state index contributed by atoms with van der Waals surface area (Å²) in [4.78, 5) is 24.5. The molecule has 6 heteroatoms. The van der Waals surface area contributed by atoms with Crippen LogP contribution in [0.2, 0.25) is 0 Å². The molecule has 2 unspecified atom stereocenters. The van der Waals surface area contributed by atoms with Crippen molar-refractivity contribution in [3.05, 3.63) is 36.5 Å². The predicted octanol–water partition coefficient (Wildman–Crippen LogP) is 15.7. The molecule has 0 saturated heterocycles. The van der Waals surface area contributed by atoms with Gasteiger partial charge in [0.15, 0.2) is 0 Å². The third-order valence-corrected chi connectivity index (χ3v) is 11.9. The first-order valence-corrected chi connectivity index (χ1v) is 26.2. The van der Waals surface area contributed by atoms with E-state index < -0.39 is 12.1 Å². The van der Waals surface area contributed by atoms with Gasteiger partial charge < -0.3 is 20.3 Å².